The van der Waals surface area contributed by atoms with Gasteiger partial charge in [-0.1, -0.05) is 0 Å². The van der Waals surface area contributed by atoms with Gasteiger partial charge in [-0.15, -0.1) is 11.3 Å². The fraction of sp³-hybridized carbons (Fsp3) is 0.182. The Balaban J connectivity index is 2.24. The van der Waals surface area contributed by atoms with Gasteiger partial charge in [-0.2, -0.15) is 4.31 Å². The molecule has 0 aliphatic carbocycles. The molecule has 0 N–H and O–H groups in total. The molecule has 0 aliphatic heterocycles. The summed E-state index contributed by atoms with van der Waals surface area (Å²) in [4.78, 5) is 5.04. The molecule has 0 spiro atoms. The number of sulfonamides is 1. The van der Waals surface area contributed by atoms with Crippen LogP contribution in [0.25, 0.3) is 0 Å². The van der Waals surface area contributed by atoms with E-state index >= 15 is 0 Å². The highest BCUT2D eigenvalue weighted by molar-refractivity contribution is 9.10. The monoisotopic (exact) mass is 424 g/mol. The van der Waals surface area contributed by atoms with Crippen LogP contribution in [0.4, 0.5) is 0 Å². The number of rotatable bonds is 4. The summed E-state index contributed by atoms with van der Waals surface area (Å²) in [7, 11) is -1.96. The quantitative estimate of drug-likeness (QED) is 0.753. The summed E-state index contributed by atoms with van der Waals surface area (Å²) in [6.45, 7) is 0.338. The molecular formula is C11H10Br2N2O2S2. The Kier molecular flexibility index (Phi) is 4.78. The van der Waals surface area contributed by atoms with Crippen molar-refractivity contribution in [1.29, 1.82) is 0 Å². The van der Waals surface area contributed by atoms with Crippen LogP contribution in [-0.2, 0) is 16.6 Å². The van der Waals surface area contributed by atoms with Crippen LogP contribution in [0.2, 0.25) is 0 Å². The zero-order valence-corrected chi connectivity index (χ0v) is 14.7. The van der Waals surface area contributed by atoms with Crippen LogP contribution in [0.15, 0.2) is 43.7 Å². The maximum absolute atomic E-state index is 12.4. The molecule has 2 aromatic heterocycles. The number of pyridine rings is 1. The van der Waals surface area contributed by atoms with Crippen LogP contribution in [0.1, 0.15) is 4.88 Å². The van der Waals surface area contributed by atoms with Crippen molar-refractivity contribution < 1.29 is 8.42 Å². The molecule has 2 rings (SSSR count). The number of aromatic nitrogens is 1. The van der Waals surface area contributed by atoms with Crippen LogP contribution >= 0.6 is 43.2 Å². The fourth-order valence-electron chi connectivity index (χ4n) is 1.45. The van der Waals surface area contributed by atoms with E-state index in [0.717, 1.165) is 9.35 Å². The predicted molar refractivity (Wildman–Crippen MR) is 82.6 cm³/mol. The van der Waals surface area contributed by atoms with Gasteiger partial charge in [-0.05, 0) is 44.0 Å². The predicted octanol–water partition coefficient (Wildman–Crippen LogP) is 3.49. The first-order valence-corrected chi connectivity index (χ1v) is 9.10. The van der Waals surface area contributed by atoms with Crippen LogP contribution in [0.3, 0.4) is 0 Å². The summed E-state index contributed by atoms with van der Waals surface area (Å²) in [5.74, 6) is 0. The summed E-state index contributed by atoms with van der Waals surface area (Å²) < 4.78 is 27.6. The molecule has 2 heterocycles. The second-order valence-corrected chi connectivity index (χ2v) is 8.70. The van der Waals surface area contributed by atoms with Crippen molar-refractivity contribution in [2.24, 2.45) is 0 Å². The molecule has 0 aromatic carbocycles. The molecule has 0 fully saturated rings. The topological polar surface area (TPSA) is 50.3 Å². The first-order chi connectivity index (χ1) is 8.89. The van der Waals surface area contributed by atoms with Gasteiger partial charge in [-0.3, -0.25) is 4.98 Å². The van der Waals surface area contributed by atoms with Gasteiger partial charge < -0.3 is 0 Å². The van der Waals surface area contributed by atoms with Crippen LogP contribution in [-0.4, -0.2) is 24.8 Å². The Bertz CT molecular complexity index is 686. The minimum atomic E-state index is -3.52. The molecule has 0 saturated carbocycles. The summed E-state index contributed by atoms with van der Waals surface area (Å²) in [6.07, 6.45) is 2.90. The third-order valence-corrected chi connectivity index (χ3v) is 6.27. The lowest BCUT2D eigenvalue weighted by molar-refractivity contribution is 0.469. The van der Waals surface area contributed by atoms with Gasteiger partial charge in [0.1, 0.15) is 4.90 Å². The van der Waals surface area contributed by atoms with Crippen molar-refractivity contribution in [2.45, 2.75) is 11.4 Å². The first kappa shape index (κ1) is 15.1. The van der Waals surface area contributed by atoms with E-state index in [2.05, 4.69) is 36.8 Å². The first-order valence-electron chi connectivity index (χ1n) is 5.19. The zero-order valence-electron chi connectivity index (χ0n) is 9.88. The maximum atomic E-state index is 12.4. The number of halogens is 2. The summed E-state index contributed by atoms with van der Waals surface area (Å²) in [6, 6.07) is 3.46. The molecule has 0 saturated heterocycles. The Labute approximate surface area is 132 Å². The van der Waals surface area contributed by atoms with E-state index in [4.69, 9.17) is 0 Å². The number of thiophene rings is 1. The van der Waals surface area contributed by atoms with Crippen molar-refractivity contribution in [2.75, 3.05) is 7.05 Å². The molecule has 0 aliphatic rings. The Morgan fingerprint density at radius 3 is 2.58 bits per heavy atom. The SMILES string of the molecule is CN(Cc1cc(Br)cs1)S(=O)(=O)c1cncc(Br)c1. The second kappa shape index (κ2) is 6.01. The summed E-state index contributed by atoms with van der Waals surface area (Å²) >= 11 is 8.09. The summed E-state index contributed by atoms with van der Waals surface area (Å²) in [5.41, 5.74) is 0. The Morgan fingerprint density at radius 1 is 1.26 bits per heavy atom. The average molecular weight is 426 g/mol. The standard InChI is InChI=1S/C11H10Br2N2O2S2/c1-15(6-10-2-9(13)7-18-10)19(16,17)11-3-8(12)4-14-5-11/h2-5,7H,6H2,1H3. The largest absolute Gasteiger partial charge is 0.262 e. The lowest BCUT2D eigenvalue weighted by Gasteiger charge is -2.16. The van der Waals surface area contributed by atoms with Gasteiger partial charge in [0, 0.05) is 45.2 Å². The minimum Gasteiger partial charge on any atom is -0.262 e. The van der Waals surface area contributed by atoms with Gasteiger partial charge in [-0.25, -0.2) is 8.42 Å². The van der Waals surface area contributed by atoms with E-state index in [-0.39, 0.29) is 4.90 Å². The average Bonchev–Trinajstić information content (AvgIpc) is 2.74. The Hall–Kier alpha value is -0.280. The molecular weight excluding hydrogens is 416 g/mol. The number of hydrogen-bond donors (Lipinski definition) is 0. The highest BCUT2D eigenvalue weighted by Gasteiger charge is 2.22. The van der Waals surface area contributed by atoms with Crippen molar-refractivity contribution >= 4 is 53.2 Å². The Morgan fingerprint density at radius 2 is 2.00 bits per heavy atom. The van der Waals surface area contributed by atoms with E-state index in [1.807, 2.05) is 11.4 Å². The van der Waals surface area contributed by atoms with Gasteiger partial charge in [0.05, 0.1) is 0 Å². The molecule has 19 heavy (non-hydrogen) atoms. The van der Waals surface area contributed by atoms with E-state index < -0.39 is 10.0 Å². The van der Waals surface area contributed by atoms with Gasteiger partial charge >= 0.3 is 0 Å². The molecule has 0 bridgehead atoms. The van der Waals surface area contributed by atoms with E-state index in [0.29, 0.717) is 11.0 Å². The van der Waals surface area contributed by atoms with Crippen LogP contribution < -0.4 is 0 Å². The maximum Gasteiger partial charge on any atom is 0.244 e. The molecule has 2 aromatic rings. The molecule has 8 heteroatoms. The van der Waals surface area contributed by atoms with Gasteiger partial charge in [0.25, 0.3) is 0 Å². The third kappa shape index (κ3) is 3.63. The molecule has 0 radical (unpaired) electrons. The number of hydrogen-bond acceptors (Lipinski definition) is 4. The molecule has 0 atom stereocenters. The van der Waals surface area contributed by atoms with Crippen molar-refractivity contribution in [1.82, 2.24) is 9.29 Å². The van der Waals surface area contributed by atoms with Crippen molar-refractivity contribution in [3.63, 3.8) is 0 Å². The van der Waals surface area contributed by atoms with Crippen molar-refractivity contribution in [3.8, 4) is 0 Å². The van der Waals surface area contributed by atoms with E-state index in [9.17, 15) is 8.42 Å². The lowest BCUT2D eigenvalue weighted by atomic mass is 10.5. The number of nitrogens with zero attached hydrogens (tertiary/aromatic N) is 2. The smallest absolute Gasteiger partial charge is 0.244 e. The molecule has 4 nitrogen and oxygen atoms in total. The van der Waals surface area contributed by atoms with Crippen LogP contribution in [0.5, 0.6) is 0 Å². The van der Waals surface area contributed by atoms with Gasteiger partial charge in [0.15, 0.2) is 0 Å². The molecule has 0 amide bonds. The lowest BCUT2D eigenvalue weighted by Crippen LogP contribution is -2.26. The minimum absolute atomic E-state index is 0.181. The molecule has 102 valence electrons. The van der Waals surface area contributed by atoms with Crippen molar-refractivity contribution in [3.05, 3.63) is 43.7 Å². The third-order valence-electron chi connectivity index (χ3n) is 2.39. The molecule has 0 unspecified atom stereocenters. The highest BCUT2D eigenvalue weighted by atomic mass is 79.9. The van der Waals surface area contributed by atoms with Gasteiger partial charge in [0.2, 0.25) is 10.0 Å². The van der Waals surface area contributed by atoms with E-state index in [1.165, 1.54) is 21.8 Å². The highest BCUT2D eigenvalue weighted by Crippen LogP contribution is 2.24. The van der Waals surface area contributed by atoms with E-state index in [1.54, 1.807) is 19.3 Å². The normalized spacial score (nSPS) is 12.0. The summed E-state index contributed by atoms with van der Waals surface area (Å²) in [5, 5.41) is 1.93. The fourth-order valence-corrected chi connectivity index (χ4v) is 4.69. The second-order valence-electron chi connectivity index (χ2n) is 3.83. The zero-order chi connectivity index (χ0) is 14.0. The van der Waals surface area contributed by atoms with Crippen LogP contribution in [0, 0.1) is 0 Å².